The lowest BCUT2D eigenvalue weighted by Gasteiger charge is -2.19. The first-order chi connectivity index (χ1) is 12.8. The predicted molar refractivity (Wildman–Crippen MR) is 109 cm³/mol. The van der Waals surface area contributed by atoms with Crippen LogP contribution >= 0.6 is 0 Å². The molecule has 1 heterocycles. The monoisotopic (exact) mass is 360 g/mol. The van der Waals surface area contributed by atoms with Crippen molar-refractivity contribution >= 4 is 11.6 Å². The second kappa shape index (κ2) is 7.62. The summed E-state index contributed by atoms with van der Waals surface area (Å²) in [6.45, 7) is 6.85. The molecule has 2 aromatic carbocycles. The Morgan fingerprint density at radius 2 is 1.59 bits per heavy atom. The summed E-state index contributed by atoms with van der Waals surface area (Å²) in [6.07, 6.45) is 1.70. The number of hydrogen-bond acceptors (Lipinski definition) is 2. The van der Waals surface area contributed by atoms with Gasteiger partial charge in [-0.3, -0.25) is 9.59 Å². The maximum atomic E-state index is 12.7. The Morgan fingerprint density at radius 1 is 0.926 bits per heavy atom. The number of benzene rings is 2. The van der Waals surface area contributed by atoms with E-state index in [1.807, 2.05) is 54.6 Å². The minimum Gasteiger partial charge on any atom is -0.322 e. The largest absolute Gasteiger partial charge is 0.322 e. The molecule has 0 spiro atoms. The molecule has 0 atom stereocenters. The molecule has 0 radical (unpaired) electrons. The van der Waals surface area contributed by atoms with E-state index in [2.05, 4.69) is 26.1 Å². The van der Waals surface area contributed by atoms with Crippen molar-refractivity contribution in [3.05, 3.63) is 100.0 Å². The molecule has 0 bridgehead atoms. The van der Waals surface area contributed by atoms with E-state index in [-0.39, 0.29) is 16.5 Å². The molecular weight excluding hydrogens is 336 g/mol. The average Bonchev–Trinajstić information content (AvgIpc) is 2.64. The fourth-order valence-corrected chi connectivity index (χ4v) is 2.87. The van der Waals surface area contributed by atoms with E-state index in [9.17, 15) is 9.59 Å². The van der Waals surface area contributed by atoms with E-state index in [1.165, 1.54) is 5.56 Å². The van der Waals surface area contributed by atoms with E-state index in [0.29, 0.717) is 12.2 Å². The number of anilines is 1. The Labute approximate surface area is 159 Å². The molecule has 1 amide bonds. The van der Waals surface area contributed by atoms with Crippen LogP contribution in [-0.2, 0) is 12.0 Å². The summed E-state index contributed by atoms with van der Waals surface area (Å²) >= 11 is 0. The standard InChI is InChI=1S/C23H24N2O2/c1-23(2,3)18-11-13-19(14-12-18)24-21(26)20-10-7-15-25(22(20)27)16-17-8-5-4-6-9-17/h4-15H,16H2,1-3H3,(H,24,26). The van der Waals surface area contributed by atoms with Gasteiger partial charge < -0.3 is 9.88 Å². The Morgan fingerprint density at radius 3 is 2.22 bits per heavy atom. The number of pyridine rings is 1. The number of aromatic nitrogens is 1. The molecule has 1 aromatic heterocycles. The van der Waals surface area contributed by atoms with E-state index in [4.69, 9.17) is 0 Å². The van der Waals surface area contributed by atoms with Crippen molar-refractivity contribution in [1.82, 2.24) is 4.57 Å². The molecule has 0 aliphatic rings. The first-order valence-corrected chi connectivity index (χ1v) is 9.00. The highest BCUT2D eigenvalue weighted by molar-refractivity contribution is 6.03. The molecule has 0 aliphatic carbocycles. The lowest BCUT2D eigenvalue weighted by molar-refractivity contribution is 0.102. The molecular formula is C23H24N2O2. The first-order valence-electron chi connectivity index (χ1n) is 9.00. The molecule has 3 aromatic rings. The van der Waals surface area contributed by atoms with Crippen LogP contribution in [0.5, 0.6) is 0 Å². The summed E-state index contributed by atoms with van der Waals surface area (Å²) in [5, 5.41) is 2.82. The van der Waals surface area contributed by atoms with Crippen LogP contribution in [0.2, 0.25) is 0 Å². The maximum absolute atomic E-state index is 12.7. The van der Waals surface area contributed by atoms with Gasteiger partial charge in [-0.2, -0.15) is 0 Å². The maximum Gasteiger partial charge on any atom is 0.263 e. The second-order valence-electron chi connectivity index (χ2n) is 7.62. The van der Waals surface area contributed by atoms with Crippen molar-refractivity contribution in [3.8, 4) is 0 Å². The van der Waals surface area contributed by atoms with Crippen LogP contribution in [-0.4, -0.2) is 10.5 Å². The van der Waals surface area contributed by atoms with Crippen LogP contribution in [0.4, 0.5) is 5.69 Å². The van der Waals surface area contributed by atoms with Gasteiger partial charge in [-0.25, -0.2) is 0 Å². The Kier molecular flexibility index (Phi) is 5.26. The van der Waals surface area contributed by atoms with E-state index in [1.54, 1.807) is 22.9 Å². The lowest BCUT2D eigenvalue weighted by Crippen LogP contribution is -2.29. The fraction of sp³-hybridized carbons (Fsp3) is 0.217. The zero-order valence-corrected chi connectivity index (χ0v) is 15.9. The van der Waals surface area contributed by atoms with Gasteiger partial charge in [0.25, 0.3) is 11.5 Å². The number of nitrogens with one attached hydrogen (secondary N) is 1. The second-order valence-corrected chi connectivity index (χ2v) is 7.62. The van der Waals surface area contributed by atoms with Crippen LogP contribution < -0.4 is 10.9 Å². The van der Waals surface area contributed by atoms with Crippen molar-refractivity contribution < 1.29 is 4.79 Å². The van der Waals surface area contributed by atoms with E-state index < -0.39 is 5.91 Å². The third-order valence-corrected chi connectivity index (χ3v) is 4.47. The summed E-state index contributed by atoms with van der Waals surface area (Å²) in [7, 11) is 0. The van der Waals surface area contributed by atoms with Crippen molar-refractivity contribution in [2.24, 2.45) is 0 Å². The molecule has 27 heavy (non-hydrogen) atoms. The van der Waals surface area contributed by atoms with Crippen LogP contribution in [0.1, 0.15) is 42.3 Å². The van der Waals surface area contributed by atoms with Crippen LogP contribution in [0.25, 0.3) is 0 Å². The van der Waals surface area contributed by atoms with E-state index in [0.717, 1.165) is 5.56 Å². The van der Waals surface area contributed by atoms with E-state index >= 15 is 0 Å². The molecule has 0 saturated carbocycles. The number of nitrogens with zero attached hydrogens (tertiary/aromatic N) is 1. The van der Waals surface area contributed by atoms with Crippen molar-refractivity contribution in [2.75, 3.05) is 5.32 Å². The summed E-state index contributed by atoms with van der Waals surface area (Å²) in [4.78, 5) is 25.3. The van der Waals surface area contributed by atoms with Gasteiger partial charge in [0.2, 0.25) is 0 Å². The van der Waals surface area contributed by atoms with Gasteiger partial charge in [0.15, 0.2) is 0 Å². The molecule has 0 unspecified atom stereocenters. The normalized spacial score (nSPS) is 11.2. The van der Waals surface area contributed by atoms with Gasteiger partial charge in [-0.1, -0.05) is 63.2 Å². The molecule has 4 heteroatoms. The van der Waals surface area contributed by atoms with Crippen molar-refractivity contribution in [3.63, 3.8) is 0 Å². The number of amides is 1. The van der Waals surface area contributed by atoms with Gasteiger partial charge >= 0.3 is 0 Å². The van der Waals surface area contributed by atoms with Crippen LogP contribution in [0, 0.1) is 0 Å². The molecule has 0 saturated heterocycles. The van der Waals surface area contributed by atoms with Crippen LogP contribution in [0.3, 0.4) is 0 Å². The number of hydrogen-bond donors (Lipinski definition) is 1. The minimum absolute atomic E-state index is 0.0487. The fourth-order valence-electron chi connectivity index (χ4n) is 2.87. The molecule has 4 nitrogen and oxygen atoms in total. The molecule has 3 rings (SSSR count). The molecule has 1 N–H and O–H groups in total. The molecule has 0 aliphatic heterocycles. The number of carbonyl (C=O) groups is 1. The highest BCUT2D eigenvalue weighted by atomic mass is 16.2. The van der Waals surface area contributed by atoms with Gasteiger partial charge in [0.05, 0.1) is 6.54 Å². The SMILES string of the molecule is CC(C)(C)c1ccc(NC(=O)c2cccn(Cc3ccccc3)c2=O)cc1. The third-order valence-electron chi connectivity index (χ3n) is 4.47. The summed E-state index contributed by atoms with van der Waals surface area (Å²) in [5.41, 5.74) is 2.75. The number of rotatable bonds is 4. The Hall–Kier alpha value is -3.14. The average molecular weight is 360 g/mol. The first kappa shape index (κ1) is 18.6. The summed E-state index contributed by atoms with van der Waals surface area (Å²) < 4.78 is 1.55. The van der Waals surface area contributed by atoms with Crippen LogP contribution in [0.15, 0.2) is 77.7 Å². The van der Waals surface area contributed by atoms with Crippen molar-refractivity contribution in [1.29, 1.82) is 0 Å². The lowest BCUT2D eigenvalue weighted by atomic mass is 9.87. The number of carbonyl (C=O) groups excluding carboxylic acids is 1. The zero-order chi connectivity index (χ0) is 19.4. The molecule has 0 fully saturated rings. The zero-order valence-electron chi connectivity index (χ0n) is 15.9. The van der Waals surface area contributed by atoms with Gasteiger partial charge in [0.1, 0.15) is 5.56 Å². The molecule has 138 valence electrons. The predicted octanol–water partition coefficient (Wildman–Crippen LogP) is 4.45. The Balaban J connectivity index is 1.79. The van der Waals surface area contributed by atoms with Gasteiger partial charge in [0, 0.05) is 11.9 Å². The minimum atomic E-state index is -0.397. The highest BCUT2D eigenvalue weighted by Gasteiger charge is 2.15. The highest BCUT2D eigenvalue weighted by Crippen LogP contribution is 2.23. The summed E-state index contributed by atoms with van der Waals surface area (Å²) in [6, 6.07) is 20.7. The third kappa shape index (κ3) is 4.53. The summed E-state index contributed by atoms with van der Waals surface area (Å²) in [5.74, 6) is -0.397. The quantitative estimate of drug-likeness (QED) is 0.747. The van der Waals surface area contributed by atoms with Gasteiger partial charge in [-0.15, -0.1) is 0 Å². The smallest absolute Gasteiger partial charge is 0.263 e. The van der Waals surface area contributed by atoms with Gasteiger partial charge in [-0.05, 0) is 40.8 Å². The van der Waals surface area contributed by atoms with Crippen molar-refractivity contribution in [2.45, 2.75) is 32.7 Å². The topological polar surface area (TPSA) is 51.1 Å². The Bertz CT molecular complexity index is 981.